The molecule has 3 rings (SSSR count). The molecule has 2 aromatic heterocycles. The molecule has 96 valence electrons. The van der Waals surface area contributed by atoms with Crippen LogP contribution in [0.15, 0.2) is 12.3 Å². The van der Waals surface area contributed by atoms with Gasteiger partial charge >= 0.3 is 0 Å². The molecule has 2 aromatic rings. The first-order valence-electron chi connectivity index (χ1n) is 6.33. The average molecular weight is 246 g/mol. The van der Waals surface area contributed by atoms with Crippen molar-refractivity contribution in [1.29, 1.82) is 0 Å². The van der Waals surface area contributed by atoms with Crippen LogP contribution in [0.4, 0.5) is 0 Å². The molecule has 0 aliphatic carbocycles. The molecule has 0 spiro atoms. The summed E-state index contributed by atoms with van der Waals surface area (Å²) in [4.78, 5) is 4.48. The summed E-state index contributed by atoms with van der Waals surface area (Å²) in [5.74, 6) is 0. The second kappa shape index (κ2) is 4.66. The van der Waals surface area contributed by atoms with E-state index in [-0.39, 0.29) is 0 Å². The second-order valence-corrected chi connectivity index (χ2v) is 4.87. The SMILES string of the molecule is Cc1nn(C)c2ncc(CNC3CCOC3)cc12. The van der Waals surface area contributed by atoms with E-state index in [1.807, 2.05) is 24.9 Å². The maximum absolute atomic E-state index is 5.35. The molecule has 1 aliphatic heterocycles. The van der Waals surface area contributed by atoms with E-state index in [1.165, 1.54) is 5.56 Å². The lowest BCUT2D eigenvalue weighted by molar-refractivity contribution is 0.190. The van der Waals surface area contributed by atoms with Crippen LogP contribution in [0.1, 0.15) is 17.7 Å². The van der Waals surface area contributed by atoms with E-state index < -0.39 is 0 Å². The number of ether oxygens (including phenoxy) is 1. The normalized spacial score (nSPS) is 19.8. The lowest BCUT2D eigenvalue weighted by Gasteiger charge is -2.10. The second-order valence-electron chi connectivity index (χ2n) is 4.87. The van der Waals surface area contributed by atoms with Crippen molar-refractivity contribution in [2.24, 2.45) is 7.05 Å². The number of hydrogen-bond donors (Lipinski definition) is 1. The third kappa shape index (κ3) is 2.11. The Morgan fingerprint density at radius 2 is 2.44 bits per heavy atom. The molecule has 3 heterocycles. The van der Waals surface area contributed by atoms with Gasteiger partial charge in [0, 0.05) is 37.8 Å². The standard InChI is InChI=1S/C13H18N4O/c1-9-12-5-10(6-14-11-3-4-18-8-11)7-15-13(12)17(2)16-9/h5,7,11,14H,3-4,6,8H2,1-2H3. The Hall–Kier alpha value is -1.46. The van der Waals surface area contributed by atoms with Gasteiger partial charge in [0.25, 0.3) is 0 Å². The number of nitrogens with zero attached hydrogens (tertiary/aromatic N) is 3. The van der Waals surface area contributed by atoms with Gasteiger partial charge < -0.3 is 10.1 Å². The summed E-state index contributed by atoms with van der Waals surface area (Å²) in [5.41, 5.74) is 3.18. The molecule has 1 saturated heterocycles. The molecule has 1 atom stereocenters. The Morgan fingerprint density at radius 3 is 3.22 bits per heavy atom. The van der Waals surface area contributed by atoms with Gasteiger partial charge in [0.2, 0.25) is 0 Å². The van der Waals surface area contributed by atoms with E-state index in [1.54, 1.807) is 0 Å². The van der Waals surface area contributed by atoms with E-state index >= 15 is 0 Å². The third-order valence-electron chi connectivity index (χ3n) is 3.44. The van der Waals surface area contributed by atoms with Crippen molar-refractivity contribution in [3.63, 3.8) is 0 Å². The highest BCUT2D eigenvalue weighted by molar-refractivity contribution is 5.78. The summed E-state index contributed by atoms with van der Waals surface area (Å²) in [6.45, 7) is 4.55. The fourth-order valence-electron chi connectivity index (χ4n) is 2.41. The highest BCUT2D eigenvalue weighted by Crippen LogP contribution is 2.16. The minimum absolute atomic E-state index is 0.482. The lowest BCUT2D eigenvalue weighted by Crippen LogP contribution is -2.28. The Labute approximate surface area is 106 Å². The number of aromatic nitrogens is 3. The van der Waals surface area contributed by atoms with Crippen molar-refractivity contribution in [2.75, 3.05) is 13.2 Å². The first kappa shape index (κ1) is 11.6. The first-order chi connectivity index (χ1) is 8.74. The Bertz CT molecular complexity index is 557. The third-order valence-corrected chi connectivity index (χ3v) is 3.44. The van der Waals surface area contributed by atoms with Gasteiger partial charge in [-0.1, -0.05) is 0 Å². The van der Waals surface area contributed by atoms with Crippen molar-refractivity contribution in [3.8, 4) is 0 Å². The summed E-state index contributed by atoms with van der Waals surface area (Å²) in [5, 5.41) is 9.02. The fraction of sp³-hybridized carbons (Fsp3) is 0.538. The minimum atomic E-state index is 0.482. The molecule has 1 N–H and O–H groups in total. The van der Waals surface area contributed by atoms with Gasteiger partial charge in [-0.2, -0.15) is 5.10 Å². The molecule has 5 heteroatoms. The largest absolute Gasteiger partial charge is 0.380 e. The number of nitrogens with one attached hydrogen (secondary N) is 1. The zero-order valence-electron chi connectivity index (χ0n) is 10.8. The molecule has 18 heavy (non-hydrogen) atoms. The van der Waals surface area contributed by atoms with Crippen LogP contribution in [0, 0.1) is 6.92 Å². The number of aryl methyl sites for hydroxylation is 2. The van der Waals surface area contributed by atoms with Gasteiger partial charge in [-0.25, -0.2) is 4.98 Å². The number of fused-ring (bicyclic) bond motifs is 1. The van der Waals surface area contributed by atoms with Gasteiger partial charge in [0.15, 0.2) is 5.65 Å². The monoisotopic (exact) mass is 246 g/mol. The van der Waals surface area contributed by atoms with Crippen LogP contribution in [0.2, 0.25) is 0 Å². The average Bonchev–Trinajstić information content (AvgIpc) is 2.97. The lowest BCUT2D eigenvalue weighted by atomic mass is 10.2. The quantitative estimate of drug-likeness (QED) is 0.883. The number of rotatable bonds is 3. The summed E-state index contributed by atoms with van der Waals surface area (Å²) in [7, 11) is 1.93. The molecule has 1 fully saturated rings. The molecular weight excluding hydrogens is 228 g/mol. The predicted molar refractivity (Wildman–Crippen MR) is 69.3 cm³/mol. The van der Waals surface area contributed by atoms with Gasteiger partial charge in [0.1, 0.15) is 0 Å². The molecule has 0 bridgehead atoms. The van der Waals surface area contributed by atoms with Crippen LogP contribution in [-0.4, -0.2) is 34.0 Å². The zero-order valence-corrected chi connectivity index (χ0v) is 10.8. The van der Waals surface area contributed by atoms with E-state index in [0.717, 1.165) is 42.9 Å². The molecule has 1 aliphatic rings. The highest BCUT2D eigenvalue weighted by Gasteiger charge is 2.15. The summed E-state index contributed by atoms with van der Waals surface area (Å²) in [6, 6.07) is 2.66. The van der Waals surface area contributed by atoms with Crippen molar-refractivity contribution in [1.82, 2.24) is 20.1 Å². The summed E-state index contributed by atoms with van der Waals surface area (Å²) < 4.78 is 7.17. The topological polar surface area (TPSA) is 52.0 Å². The van der Waals surface area contributed by atoms with Gasteiger partial charge in [0.05, 0.1) is 12.3 Å². The van der Waals surface area contributed by atoms with Crippen molar-refractivity contribution in [3.05, 3.63) is 23.5 Å². The zero-order chi connectivity index (χ0) is 12.5. The van der Waals surface area contributed by atoms with Crippen LogP contribution in [0.25, 0.3) is 11.0 Å². The molecule has 0 amide bonds. The van der Waals surface area contributed by atoms with Crippen molar-refractivity contribution < 1.29 is 4.74 Å². The van der Waals surface area contributed by atoms with Gasteiger partial charge in [-0.3, -0.25) is 4.68 Å². The summed E-state index contributed by atoms with van der Waals surface area (Å²) in [6.07, 6.45) is 3.02. The fourth-order valence-corrected chi connectivity index (χ4v) is 2.41. The molecule has 5 nitrogen and oxygen atoms in total. The van der Waals surface area contributed by atoms with E-state index in [4.69, 9.17) is 4.74 Å². The van der Waals surface area contributed by atoms with Crippen molar-refractivity contribution >= 4 is 11.0 Å². The highest BCUT2D eigenvalue weighted by atomic mass is 16.5. The van der Waals surface area contributed by atoms with E-state index in [2.05, 4.69) is 21.5 Å². The Balaban J connectivity index is 1.78. The minimum Gasteiger partial charge on any atom is -0.380 e. The van der Waals surface area contributed by atoms with Crippen LogP contribution >= 0.6 is 0 Å². The smallest absolute Gasteiger partial charge is 0.157 e. The maximum atomic E-state index is 5.35. The molecule has 0 saturated carbocycles. The molecule has 0 aromatic carbocycles. The van der Waals surface area contributed by atoms with Gasteiger partial charge in [-0.05, 0) is 25.0 Å². The Kier molecular flexibility index (Phi) is 3.01. The number of pyridine rings is 1. The number of hydrogen-bond acceptors (Lipinski definition) is 4. The van der Waals surface area contributed by atoms with E-state index in [0.29, 0.717) is 6.04 Å². The van der Waals surface area contributed by atoms with Crippen molar-refractivity contribution in [2.45, 2.75) is 25.9 Å². The molecule has 1 unspecified atom stereocenters. The summed E-state index contributed by atoms with van der Waals surface area (Å²) >= 11 is 0. The predicted octanol–water partition coefficient (Wildman–Crippen LogP) is 1.16. The maximum Gasteiger partial charge on any atom is 0.157 e. The molecule has 0 radical (unpaired) electrons. The Morgan fingerprint density at radius 1 is 1.56 bits per heavy atom. The van der Waals surface area contributed by atoms with Crippen LogP contribution in [0.3, 0.4) is 0 Å². The first-order valence-corrected chi connectivity index (χ1v) is 6.33. The van der Waals surface area contributed by atoms with Gasteiger partial charge in [-0.15, -0.1) is 0 Å². The van der Waals surface area contributed by atoms with Crippen LogP contribution in [-0.2, 0) is 18.3 Å². The molecular formula is C13H18N4O. The van der Waals surface area contributed by atoms with E-state index in [9.17, 15) is 0 Å². The van der Waals surface area contributed by atoms with Crippen LogP contribution in [0.5, 0.6) is 0 Å². The van der Waals surface area contributed by atoms with Crippen LogP contribution < -0.4 is 5.32 Å².